The number of para-hydroxylation sites is 1. The van der Waals surface area contributed by atoms with Crippen molar-refractivity contribution in [3.05, 3.63) is 36.1 Å². The van der Waals surface area contributed by atoms with Gasteiger partial charge in [-0.05, 0) is 32.0 Å². The monoisotopic (exact) mass is 273 g/mol. The Hall–Kier alpha value is -1.32. The Bertz CT molecular complexity index is 524. The lowest BCUT2D eigenvalue weighted by atomic mass is 9.94. The van der Waals surface area contributed by atoms with Crippen LogP contribution in [0.2, 0.25) is 0 Å². The molecule has 3 rings (SSSR count). The second kappa shape index (κ2) is 5.98. The zero-order chi connectivity index (χ0) is 13.9. The van der Waals surface area contributed by atoms with Crippen molar-refractivity contribution in [1.29, 1.82) is 0 Å². The van der Waals surface area contributed by atoms with Crippen LogP contribution < -0.4 is 0 Å². The summed E-state index contributed by atoms with van der Waals surface area (Å²) in [5.41, 5.74) is 0.849. The Balaban J connectivity index is 1.67. The largest absolute Gasteiger partial charge is 0.458 e. The summed E-state index contributed by atoms with van der Waals surface area (Å²) < 4.78 is 5.74. The smallest absolute Gasteiger partial charge is 0.135 e. The second-order valence-corrected chi connectivity index (χ2v) is 5.93. The molecule has 1 atom stereocenters. The maximum atomic E-state index is 10.4. The van der Waals surface area contributed by atoms with Gasteiger partial charge in [-0.1, -0.05) is 37.5 Å². The van der Waals surface area contributed by atoms with Crippen molar-refractivity contribution >= 4 is 11.0 Å². The summed E-state index contributed by atoms with van der Waals surface area (Å²) >= 11 is 0. The third-order valence-corrected chi connectivity index (χ3v) is 4.43. The van der Waals surface area contributed by atoms with Crippen molar-refractivity contribution < 1.29 is 9.52 Å². The summed E-state index contributed by atoms with van der Waals surface area (Å²) in [7, 11) is 2.11. The van der Waals surface area contributed by atoms with Gasteiger partial charge in [-0.15, -0.1) is 0 Å². The molecule has 0 saturated heterocycles. The van der Waals surface area contributed by atoms with Crippen molar-refractivity contribution in [2.45, 2.75) is 44.2 Å². The summed E-state index contributed by atoms with van der Waals surface area (Å²) in [6, 6.07) is 10.5. The quantitative estimate of drug-likeness (QED) is 0.922. The van der Waals surface area contributed by atoms with E-state index in [-0.39, 0.29) is 0 Å². The van der Waals surface area contributed by atoms with Crippen LogP contribution in [0.1, 0.15) is 44.0 Å². The first-order valence-electron chi connectivity index (χ1n) is 7.61. The number of fused-ring (bicyclic) bond motifs is 1. The van der Waals surface area contributed by atoms with Gasteiger partial charge in [0.25, 0.3) is 0 Å². The molecule has 1 fully saturated rings. The van der Waals surface area contributed by atoms with E-state index in [4.69, 9.17) is 4.42 Å². The molecule has 1 N–H and O–H groups in total. The normalized spacial score (nSPS) is 18.8. The van der Waals surface area contributed by atoms with E-state index in [2.05, 4.69) is 11.9 Å². The lowest BCUT2D eigenvalue weighted by molar-refractivity contribution is 0.0780. The molecule has 1 aliphatic carbocycles. The molecular formula is C17H23NO2. The highest BCUT2D eigenvalue weighted by Crippen LogP contribution is 2.26. The lowest BCUT2D eigenvalue weighted by Crippen LogP contribution is -2.36. The third kappa shape index (κ3) is 2.89. The molecule has 1 heterocycles. The van der Waals surface area contributed by atoms with E-state index in [0.717, 1.165) is 11.0 Å². The first kappa shape index (κ1) is 13.7. The van der Waals surface area contributed by atoms with Crippen LogP contribution in [0.5, 0.6) is 0 Å². The highest BCUT2D eigenvalue weighted by Gasteiger charge is 2.22. The third-order valence-electron chi connectivity index (χ3n) is 4.43. The number of aliphatic hydroxyl groups excluding tert-OH is 1. The minimum atomic E-state index is -0.547. The number of rotatable bonds is 4. The fourth-order valence-corrected chi connectivity index (χ4v) is 3.20. The van der Waals surface area contributed by atoms with E-state index < -0.39 is 6.10 Å². The topological polar surface area (TPSA) is 36.6 Å². The number of likely N-dealkylation sites (N-methyl/N-ethyl adjacent to an activating group) is 1. The zero-order valence-electron chi connectivity index (χ0n) is 12.1. The molecule has 0 spiro atoms. The van der Waals surface area contributed by atoms with Gasteiger partial charge >= 0.3 is 0 Å². The Kier molecular flexibility index (Phi) is 4.08. The molecule has 1 saturated carbocycles. The van der Waals surface area contributed by atoms with Crippen molar-refractivity contribution in [1.82, 2.24) is 4.90 Å². The molecule has 1 unspecified atom stereocenters. The predicted molar refractivity (Wildman–Crippen MR) is 80.7 cm³/mol. The van der Waals surface area contributed by atoms with Crippen molar-refractivity contribution in [3.8, 4) is 0 Å². The van der Waals surface area contributed by atoms with Crippen LogP contribution in [-0.2, 0) is 0 Å². The summed E-state index contributed by atoms with van der Waals surface area (Å²) in [5, 5.41) is 11.4. The van der Waals surface area contributed by atoms with E-state index in [0.29, 0.717) is 18.3 Å². The molecule has 0 bridgehead atoms. The molecule has 1 aliphatic rings. The summed E-state index contributed by atoms with van der Waals surface area (Å²) in [5.74, 6) is 0.675. The average molecular weight is 273 g/mol. The molecule has 108 valence electrons. The molecule has 3 heteroatoms. The molecule has 20 heavy (non-hydrogen) atoms. The first-order chi connectivity index (χ1) is 9.74. The van der Waals surface area contributed by atoms with Gasteiger partial charge in [-0.3, -0.25) is 0 Å². The molecule has 0 amide bonds. The standard InChI is InChI=1S/C17H23NO2/c1-18(14-8-3-2-4-9-14)12-15(19)17-11-13-7-5-6-10-16(13)20-17/h5-7,10-11,14-15,19H,2-4,8-9,12H2,1H3. The van der Waals surface area contributed by atoms with Crippen LogP contribution >= 0.6 is 0 Å². The van der Waals surface area contributed by atoms with E-state index in [9.17, 15) is 5.11 Å². The number of nitrogens with zero attached hydrogens (tertiary/aromatic N) is 1. The van der Waals surface area contributed by atoms with Gasteiger partial charge in [0.1, 0.15) is 17.4 Å². The minimum Gasteiger partial charge on any atom is -0.458 e. The first-order valence-corrected chi connectivity index (χ1v) is 7.61. The van der Waals surface area contributed by atoms with Crippen LogP contribution in [0.25, 0.3) is 11.0 Å². The average Bonchev–Trinajstić information content (AvgIpc) is 2.92. The summed E-state index contributed by atoms with van der Waals surface area (Å²) in [6.45, 7) is 0.643. The van der Waals surface area contributed by atoms with Crippen LogP contribution in [0, 0.1) is 0 Å². The number of hydrogen-bond donors (Lipinski definition) is 1. The maximum Gasteiger partial charge on any atom is 0.135 e. The Morgan fingerprint density at radius 2 is 2.00 bits per heavy atom. The molecule has 1 aromatic heterocycles. The van der Waals surface area contributed by atoms with Crippen molar-refractivity contribution in [3.63, 3.8) is 0 Å². The molecule has 0 radical (unpaired) electrons. The molecule has 0 aliphatic heterocycles. The molecular weight excluding hydrogens is 250 g/mol. The summed E-state index contributed by atoms with van der Waals surface area (Å²) in [6.07, 6.45) is 5.95. The second-order valence-electron chi connectivity index (χ2n) is 5.93. The fraction of sp³-hybridized carbons (Fsp3) is 0.529. The maximum absolute atomic E-state index is 10.4. The van der Waals surface area contributed by atoms with Crippen LogP contribution in [0.4, 0.5) is 0 Å². The van der Waals surface area contributed by atoms with Crippen LogP contribution in [0.3, 0.4) is 0 Å². The molecule has 2 aromatic rings. The summed E-state index contributed by atoms with van der Waals surface area (Å²) in [4.78, 5) is 2.29. The SMILES string of the molecule is CN(CC(O)c1cc2ccccc2o1)C1CCCCC1. The Morgan fingerprint density at radius 1 is 1.25 bits per heavy atom. The Labute approximate surface area is 120 Å². The Morgan fingerprint density at radius 3 is 2.75 bits per heavy atom. The lowest BCUT2D eigenvalue weighted by Gasteiger charge is -2.32. The van der Waals surface area contributed by atoms with Gasteiger partial charge in [-0.2, -0.15) is 0 Å². The zero-order valence-corrected chi connectivity index (χ0v) is 12.1. The van der Waals surface area contributed by atoms with E-state index in [1.165, 1.54) is 32.1 Å². The number of furan rings is 1. The van der Waals surface area contributed by atoms with Crippen molar-refractivity contribution in [2.24, 2.45) is 0 Å². The van der Waals surface area contributed by atoms with E-state index in [1.807, 2.05) is 30.3 Å². The highest BCUT2D eigenvalue weighted by atomic mass is 16.4. The van der Waals surface area contributed by atoms with Gasteiger partial charge in [0.2, 0.25) is 0 Å². The van der Waals surface area contributed by atoms with Gasteiger partial charge < -0.3 is 14.4 Å². The molecule has 3 nitrogen and oxygen atoms in total. The minimum absolute atomic E-state index is 0.547. The van der Waals surface area contributed by atoms with E-state index >= 15 is 0 Å². The fourth-order valence-electron chi connectivity index (χ4n) is 3.20. The van der Waals surface area contributed by atoms with Gasteiger partial charge in [0, 0.05) is 18.0 Å². The molecule has 1 aromatic carbocycles. The number of aliphatic hydroxyl groups is 1. The number of hydrogen-bond acceptors (Lipinski definition) is 3. The van der Waals surface area contributed by atoms with Gasteiger partial charge in [-0.25, -0.2) is 0 Å². The number of benzene rings is 1. The van der Waals surface area contributed by atoms with Crippen molar-refractivity contribution in [2.75, 3.05) is 13.6 Å². The highest BCUT2D eigenvalue weighted by molar-refractivity contribution is 5.77. The predicted octanol–water partition coefficient (Wildman–Crippen LogP) is 3.73. The van der Waals surface area contributed by atoms with Crippen LogP contribution in [0.15, 0.2) is 34.7 Å². The van der Waals surface area contributed by atoms with Gasteiger partial charge in [0.15, 0.2) is 0 Å². The van der Waals surface area contributed by atoms with E-state index in [1.54, 1.807) is 0 Å². The van der Waals surface area contributed by atoms with Crippen LogP contribution in [-0.4, -0.2) is 29.6 Å². The van der Waals surface area contributed by atoms with Gasteiger partial charge in [0.05, 0.1) is 0 Å².